The first-order chi connectivity index (χ1) is 7.61. The van der Waals surface area contributed by atoms with E-state index in [1.807, 2.05) is 38.1 Å². The number of hydrogen-bond acceptors (Lipinski definition) is 2. The molecule has 0 fully saturated rings. The Morgan fingerprint density at radius 3 is 2.56 bits per heavy atom. The van der Waals surface area contributed by atoms with Crippen molar-refractivity contribution < 1.29 is 0 Å². The maximum Gasteiger partial charge on any atom is 0.342 e. The molecular weight excluding hydrogens is 222 g/mol. The van der Waals surface area contributed by atoms with Crippen molar-refractivity contribution in [2.24, 2.45) is 0 Å². The highest BCUT2D eigenvalue weighted by atomic mass is 32.1. The lowest BCUT2D eigenvalue weighted by atomic mass is 10.0. The number of hydrogen-bond donors (Lipinski definition) is 2. The van der Waals surface area contributed by atoms with Crippen molar-refractivity contribution in [3.8, 4) is 0 Å². The summed E-state index contributed by atoms with van der Waals surface area (Å²) >= 11 is 5.07. The molecule has 16 heavy (non-hydrogen) atoms. The van der Waals surface area contributed by atoms with Gasteiger partial charge in [-0.1, -0.05) is 24.3 Å². The molecule has 0 aliphatic carbocycles. The summed E-state index contributed by atoms with van der Waals surface area (Å²) in [5.74, 6) is 0. The van der Waals surface area contributed by atoms with Crippen molar-refractivity contribution in [3.05, 3.63) is 50.6 Å². The zero-order valence-electron chi connectivity index (χ0n) is 9.15. The Morgan fingerprint density at radius 2 is 2.00 bits per heavy atom. The molecule has 2 rings (SSSR count). The summed E-state index contributed by atoms with van der Waals surface area (Å²) in [5, 5.41) is 5.13. The third-order valence-electron chi connectivity index (χ3n) is 2.74. The van der Waals surface area contributed by atoms with Crippen molar-refractivity contribution in [1.82, 2.24) is 14.8 Å². The van der Waals surface area contributed by atoms with Gasteiger partial charge in [-0.2, -0.15) is 0 Å². The molecule has 0 spiro atoms. The number of aromatic nitrogens is 3. The second kappa shape index (κ2) is 4.09. The van der Waals surface area contributed by atoms with Crippen LogP contribution in [0.15, 0.2) is 29.1 Å². The molecule has 0 saturated heterocycles. The third kappa shape index (κ3) is 1.74. The molecule has 0 radical (unpaired) electrons. The summed E-state index contributed by atoms with van der Waals surface area (Å²) in [4.78, 5) is 11.6. The van der Waals surface area contributed by atoms with Crippen LogP contribution < -0.4 is 5.69 Å². The molecule has 1 aromatic carbocycles. The van der Waals surface area contributed by atoms with E-state index < -0.39 is 0 Å². The standard InChI is InChI=1S/C11H13N3OS/c1-7-5-3-4-6-9(7)8(2)14-10(15)12-13-11(14)16/h3-6,8H,1-2H3,(H,12,15)(H,13,16). The Balaban J connectivity index is 2.56. The molecule has 1 heterocycles. The van der Waals surface area contributed by atoms with E-state index >= 15 is 0 Å². The van der Waals surface area contributed by atoms with Gasteiger partial charge < -0.3 is 0 Å². The molecule has 0 aliphatic heterocycles. The summed E-state index contributed by atoms with van der Waals surface area (Å²) in [6, 6.07) is 7.91. The fraction of sp³-hybridized carbons (Fsp3) is 0.273. The van der Waals surface area contributed by atoms with Crippen molar-refractivity contribution in [3.63, 3.8) is 0 Å². The lowest BCUT2D eigenvalue weighted by Crippen LogP contribution is -2.21. The minimum absolute atomic E-state index is 0.0660. The van der Waals surface area contributed by atoms with Gasteiger partial charge in [-0.25, -0.2) is 9.89 Å². The SMILES string of the molecule is Cc1ccccc1C(C)n1c(=O)[nH][nH]c1=S. The summed E-state index contributed by atoms with van der Waals surface area (Å²) in [5.41, 5.74) is 2.04. The highest BCUT2D eigenvalue weighted by Gasteiger charge is 2.13. The molecule has 84 valence electrons. The van der Waals surface area contributed by atoms with Crippen LogP contribution in [0.4, 0.5) is 0 Å². The van der Waals surface area contributed by atoms with E-state index in [0.29, 0.717) is 4.77 Å². The van der Waals surface area contributed by atoms with Gasteiger partial charge in [0.15, 0.2) is 4.77 Å². The zero-order valence-corrected chi connectivity index (χ0v) is 9.97. The van der Waals surface area contributed by atoms with E-state index in [4.69, 9.17) is 12.2 Å². The molecule has 2 aromatic rings. The fourth-order valence-electron chi connectivity index (χ4n) is 1.87. The van der Waals surface area contributed by atoms with Crippen molar-refractivity contribution >= 4 is 12.2 Å². The minimum Gasteiger partial charge on any atom is -0.272 e. The van der Waals surface area contributed by atoms with E-state index in [-0.39, 0.29) is 11.7 Å². The first-order valence-corrected chi connectivity index (χ1v) is 5.47. The zero-order chi connectivity index (χ0) is 11.7. The van der Waals surface area contributed by atoms with Gasteiger partial charge in [-0.05, 0) is 37.2 Å². The van der Waals surface area contributed by atoms with Gasteiger partial charge >= 0.3 is 5.69 Å². The van der Waals surface area contributed by atoms with Crippen LogP contribution in [-0.4, -0.2) is 14.8 Å². The third-order valence-corrected chi connectivity index (χ3v) is 3.04. The van der Waals surface area contributed by atoms with E-state index in [1.54, 1.807) is 0 Å². The predicted molar refractivity (Wildman–Crippen MR) is 65.2 cm³/mol. The summed E-state index contributed by atoms with van der Waals surface area (Å²) in [6.45, 7) is 3.98. The minimum atomic E-state index is -0.208. The van der Waals surface area contributed by atoms with Crippen LogP contribution >= 0.6 is 12.2 Å². The smallest absolute Gasteiger partial charge is 0.272 e. The molecule has 1 unspecified atom stereocenters. The van der Waals surface area contributed by atoms with Gasteiger partial charge in [0.05, 0.1) is 6.04 Å². The summed E-state index contributed by atoms with van der Waals surface area (Å²) < 4.78 is 1.96. The average molecular weight is 235 g/mol. The number of nitrogens with one attached hydrogen (secondary N) is 2. The van der Waals surface area contributed by atoms with Crippen LogP contribution in [0.25, 0.3) is 0 Å². The maximum absolute atomic E-state index is 11.6. The number of rotatable bonds is 2. The topological polar surface area (TPSA) is 53.6 Å². The number of nitrogens with zero attached hydrogens (tertiary/aromatic N) is 1. The largest absolute Gasteiger partial charge is 0.342 e. The molecule has 0 amide bonds. The summed E-state index contributed by atoms with van der Waals surface area (Å²) in [6.07, 6.45) is 0. The Bertz CT molecular complexity index is 580. The van der Waals surface area contributed by atoms with Gasteiger partial charge in [0.1, 0.15) is 0 Å². The van der Waals surface area contributed by atoms with Gasteiger partial charge in [-0.15, -0.1) is 0 Å². The Morgan fingerprint density at radius 1 is 1.31 bits per heavy atom. The molecule has 1 aromatic heterocycles. The van der Waals surface area contributed by atoms with Crippen LogP contribution in [0.2, 0.25) is 0 Å². The normalized spacial score (nSPS) is 12.6. The van der Waals surface area contributed by atoms with Gasteiger partial charge in [0, 0.05) is 0 Å². The molecule has 0 saturated carbocycles. The molecule has 0 aliphatic rings. The lowest BCUT2D eigenvalue weighted by molar-refractivity contribution is 0.605. The van der Waals surface area contributed by atoms with Crippen molar-refractivity contribution in [2.75, 3.05) is 0 Å². The maximum atomic E-state index is 11.6. The fourth-order valence-corrected chi connectivity index (χ4v) is 2.16. The Hall–Kier alpha value is -1.62. The van der Waals surface area contributed by atoms with Crippen LogP contribution in [0.3, 0.4) is 0 Å². The summed E-state index contributed by atoms with van der Waals surface area (Å²) in [7, 11) is 0. The molecule has 5 heteroatoms. The second-order valence-electron chi connectivity index (χ2n) is 3.76. The number of aromatic amines is 2. The van der Waals surface area contributed by atoms with Crippen molar-refractivity contribution in [2.45, 2.75) is 19.9 Å². The Kier molecular flexibility index (Phi) is 2.78. The molecule has 1 atom stereocenters. The van der Waals surface area contributed by atoms with Crippen LogP contribution in [0.5, 0.6) is 0 Å². The quantitative estimate of drug-likeness (QED) is 0.784. The van der Waals surface area contributed by atoms with E-state index in [1.165, 1.54) is 4.57 Å². The molecule has 0 bridgehead atoms. The first-order valence-electron chi connectivity index (χ1n) is 5.06. The number of H-pyrrole nitrogens is 2. The van der Waals surface area contributed by atoms with Gasteiger partial charge in [0.2, 0.25) is 0 Å². The second-order valence-corrected chi connectivity index (χ2v) is 4.15. The first kappa shape index (κ1) is 10.9. The van der Waals surface area contributed by atoms with E-state index in [9.17, 15) is 4.79 Å². The van der Waals surface area contributed by atoms with E-state index in [0.717, 1.165) is 11.1 Å². The highest BCUT2D eigenvalue weighted by Crippen LogP contribution is 2.19. The van der Waals surface area contributed by atoms with Gasteiger partial charge in [-0.3, -0.25) is 9.67 Å². The Labute approximate surface area is 97.9 Å². The molecule has 4 nitrogen and oxygen atoms in total. The van der Waals surface area contributed by atoms with Crippen molar-refractivity contribution in [1.29, 1.82) is 0 Å². The highest BCUT2D eigenvalue weighted by molar-refractivity contribution is 7.71. The predicted octanol–water partition coefficient (Wildman–Crippen LogP) is 2.15. The van der Waals surface area contributed by atoms with Crippen LogP contribution in [0, 0.1) is 11.7 Å². The number of aryl methyl sites for hydroxylation is 1. The van der Waals surface area contributed by atoms with E-state index in [2.05, 4.69) is 10.2 Å². The van der Waals surface area contributed by atoms with Crippen LogP contribution in [0.1, 0.15) is 24.1 Å². The van der Waals surface area contributed by atoms with Crippen LogP contribution in [-0.2, 0) is 0 Å². The average Bonchev–Trinajstić information content (AvgIpc) is 2.58. The lowest BCUT2D eigenvalue weighted by Gasteiger charge is -2.14. The molecule has 2 N–H and O–H groups in total. The molecular formula is C11H13N3OS. The van der Waals surface area contributed by atoms with Gasteiger partial charge in [0.25, 0.3) is 0 Å². The monoisotopic (exact) mass is 235 g/mol. The number of benzene rings is 1.